The van der Waals surface area contributed by atoms with Crippen molar-refractivity contribution < 1.29 is 9.90 Å². The number of carbonyl (C=O) groups is 1. The molecule has 0 radical (unpaired) electrons. The highest BCUT2D eigenvalue weighted by atomic mass is 16.4. The van der Waals surface area contributed by atoms with Gasteiger partial charge in [-0.1, -0.05) is 6.07 Å². The lowest BCUT2D eigenvalue weighted by Crippen LogP contribution is -2.22. The summed E-state index contributed by atoms with van der Waals surface area (Å²) in [5, 5.41) is 13.4. The van der Waals surface area contributed by atoms with Gasteiger partial charge in [0.1, 0.15) is 0 Å². The minimum absolute atomic E-state index is 0.150. The molecule has 0 unspecified atom stereocenters. The van der Waals surface area contributed by atoms with E-state index in [2.05, 4.69) is 15.0 Å². The number of fused-ring (bicyclic) bond motifs is 1. The van der Waals surface area contributed by atoms with E-state index < -0.39 is 5.97 Å². The van der Waals surface area contributed by atoms with Gasteiger partial charge in [-0.2, -0.15) is 5.10 Å². The second-order valence-corrected chi connectivity index (χ2v) is 4.81. The molecule has 1 saturated heterocycles. The SMILES string of the molecule is O=C(O)c1cccc2nc(CCN3CCCC3)nn12. The molecule has 2 aromatic heterocycles. The molecule has 1 N–H and O–H groups in total. The predicted molar refractivity (Wildman–Crippen MR) is 69.3 cm³/mol. The van der Waals surface area contributed by atoms with Gasteiger partial charge in [-0.05, 0) is 38.1 Å². The normalized spacial score (nSPS) is 16.2. The molecule has 0 bridgehead atoms. The lowest BCUT2D eigenvalue weighted by Gasteiger charge is -2.12. The maximum absolute atomic E-state index is 11.1. The van der Waals surface area contributed by atoms with Crippen LogP contribution < -0.4 is 0 Å². The summed E-state index contributed by atoms with van der Waals surface area (Å²) in [6.45, 7) is 3.24. The van der Waals surface area contributed by atoms with E-state index in [4.69, 9.17) is 5.11 Å². The molecule has 3 rings (SSSR count). The van der Waals surface area contributed by atoms with Gasteiger partial charge < -0.3 is 10.0 Å². The summed E-state index contributed by atoms with van der Waals surface area (Å²) >= 11 is 0. The number of rotatable bonds is 4. The number of pyridine rings is 1. The Morgan fingerprint density at radius 2 is 2.11 bits per heavy atom. The molecule has 3 heterocycles. The van der Waals surface area contributed by atoms with Gasteiger partial charge in [0.05, 0.1) is 0 Å². The van der Waals surface area contributed by atoms with Crippen LogP contribution in [0.4, 0.5) is 0 Å². The number of hydrogen-bond acceptors (Lipinski definition) is 4. The van der Waals surface area contributed by atoms with E-state index in [1.54, 1.807) is 12.1 Å². The van der Waals surface area contributed by atoms with Crippen LogP contribution in [-0.4, -0.2) is 50.2 Å². The highest BCUT2D eigenvalue weighted by molar-refractivity contribution is 5.86. The molecule has 0 spiro atoms. The monoisotopic (exact) mass is 260 g/mol. The van der Waals surface area contributed by atoms with Crippen molar-refractivity contribution in [1.82, 2.24) is 19.5 Å². The first-order valence-corrected chi connectivity index (χ1v) is 6.54. The Morgan fingerprint density at radius 1 is 1.32 bits per heavy atom. The fourth-order valence-corrected chi connectivity index (χ4v) is 2.48. The zero-order chi connectivity index (χ0) is 13.2. The van der Waals surface area contributed by atoms with Gasteiger partial charge in [-0.25, -0.2) is 14.3 Å². The standard InChI is InChI=1S/C13H16N4O2/c18-13(19)10-4-3-5-12-14-11(15-17(10)12)6-9-16-7-1-2-8-16/h3-5H,1-2,6-9H2,(H,18,19). The lowest BCUT2D eigenvalue weighted by molar-refractivity contribution is 0.0687. The van der Waals surface area contributed by atoms with Gasteiger partial charge in [0.15, 0.2) is 17.2 Å². The van der Waals surface area contributed by atoms with Crippen molar-refractivity contribution >= 4 is 11.6 Å². The first kappa shape index (κ1) is 12.1. The van der Waals surface area contributed by atoms with E-state index in [1.165, 1.54) is 23.4 Å². The third kappa shape index (κ3) is 2.44. The van der Waals surface area contributed by atoms with E-state index in [-0.39, 0.29) is 5.69 Å². The van der Waals surface area contributed by atoms with Crippen molar-refractivity contribution in [2.24, 2.45) is 0 Å². The highest BCUT2D eigenvalue weighted by Crippen LogP contribution is 2.10. The van der Waals surface area contributed by atoms with Crippen LogP contribution in [0, 0.1) is 0 Å². The summed E-state index contributed by atoms with van der Waals surface area (Å²) in [5.41, 5.74) is 0.744. The molecular formula is C13H16N4O2. The first-order chi connectivity index (χ1) is 9.24. The van der Waals surface area contributed by atoms with E-state index in [0.29, 0.717) is 11.5 Å². The predicted octanol–water partition coefficient (Wildman–Crippen LogP) is 1.07. The number of likely N-dealkylation sites (tertiary alicyclic amines) is 1. The van der Waals surface area contributed by atoms with Crippen molar-refractivity contribution in [3.8, 4) is 0 Å². The fourth-order valence-electron chi connectivity index (χ4n) is 2.48. The summed E-state index contributed by atoms with van der Waals surface area (Å²) < 4.78 is 1.40. The molecule has 100 valence electrons. The van der Waals surface area contributed by atoms with Crippen molar-refractivity contribution in [3.63, 3.8) is 0 Å². The molecule has 1 aliphatic heterocycles. The topological polar surface area (TPSA) is 70.7 Å². The molecule has 0 aliphatic carbocycles. The van der Waals surface area contributed by atoms with Crippen molar-refractivity contribution in [2.75, 3.05) is 19.6 Å². The highest BCUT2D eigenvalue weighted by Gasteiger charge is 2.14. The molecule has 19 heavy (non-hydrogen) atoms. The Balaban J connectivity index is 1.80. The second-order valence-electron chi connectivity index (χ2n) is 4.81. The van der Waals surface area contributed by atoms with Crippen molar-refractivity contribution in [2.45, 2.75) is 19.3 Å². The molecular weight excluding hydrogens is 244 g/mol. The van der Waals surface area contributed by atoms with Crippen LogP contribution in [0.15, 0.2) is 18.2 Å². The van der Waals surface area contributed by atoms with Crippen LogP contribution in [0.25, 0.3) is 5.65 Å². The number of nitrogens with zero attached hydrogens (tertiary/aromatic N) is 4. The fraction of sp³-hybridized carbons (Fsp3) is 0.462. The van der Waals surface area contributed by atoms with Gasteiger partial charge in [-0.3, -0.25) is 0 Å². The number of carboxylic acid groups (broad SMARTS) is 1. The third-order valence-electron chi connectivity index (χ3n) is 3.47. The van der Waals surface area contributed by atoms with E-state index in [1.807, 2.05) is 0 Å². The van der Waals surface area contributed by atoms with Crippen LogP contribution in [0.2, 0.25) is 0 Å². The maximum atomic E-state index is 11.1. The number of carboxylic acids is 1. The Kier molecular flexibility index (Phi) is 3.16. The quantitative estimate of drug-likeness (QED) is 0.890. The number of hydrogen-bond donors (Lipinski definition) is 1. The zero-order valence-electron chi connectivity index (χ0n) is 10.6. The van der Waals surface area contributed by atoms with E-state index in [9.17, 15) is 4.79 Å². The van der Waals surface area contributed by atoms with Gasteiger partial charge in [-0.15, -0.1) is 0 Å². The summed E-state index contributed by atoms with van der Waals surface area (Å²) in [5.74, 6) is -0.276. The van der Waals surface area contributed by atoms with E-state index in [0.717, 1.165) is 26.1 Å². The third-order valence-corrected chi connectivity index (χ3v) is 3.47. The number of aromatic carboxylic acids is 1. The maximum Gasteiger partial charge on any atom is 0.354 e. The molecule has 1 aliphatic rings. The minimum Gasteiger partial charge on any atom is -0.477 e. The Bertz CT molecular complexity index is 602. The van der Waals surface area contributed by atoms with Crippen molar-refractivity contribution in [3.05, 3.63) is 29.7 Å². The molecule has 0 atom stereocenters. The lowest BCUT2D eigenvalue weighted by atomic mass is 10.3. The summed E-state index contributed by atoms with van der Waals surface area (Å²) in [6, 6.07) is 5.00. The molecule has 0 saturated carbocycles. The molecule has 6 nitrogen and oxygen atoms in total. The van der Waals surface area contributed by atoms with Crippen LogP contribution in [0.1, 0.15) is 29.2 Å². The molecule has 6 heteroatoms. The van der Waals surface area contributed by atoms with Crippen molar-refractivity contribution in [1.29, 1.82) is 0 Å². The molecule has 0 amide bonds. The number of aromatic nitrogens is 3. The van der Waals surface area contributed by atoms with Gasteiger partial charge in [0.2, 0.25) is 0 Å². The molecule has 2 aromatic rings. The largest absolute Gasteiger partial charge is 0.477 e. The van der Waals surface area contributed by atoms with E-state index >= 15 is 0 Å². The van der Waals surface area contributed by atoms with Crippen LogP contribution in [-0.2, 0) is 6.42 Å². The summed E-state index contributed by atoms with van der Waals surface area (Å²) in [6.07, 6.45) is 3.30. The zero-order valence-corrected chi connectivity index (χ0v) is 10.6. The summed E-state index contributed by atoms with van der Waals surface area (Å²) in [7, 11) is 0. The Labute approximate surface area is 110 Å². The van der Waals surface area contributed by atoms with Crippen LogP contribution in [0.5, 0.6) is 0 Å². The van der Waals surface area contributed by atoms with Crippen LogP contribution in [0.3, 0.4) is 0 Å². The Morgan fingerprint density at radius 3 is 2.84 bits per heavy atom. The van der Waals surface area contributed by atoms with Gasteiger partial charge >= 0.3 is 5.97 Å². The first-order valence-electron chi connectivity index (χ1n) is 6.54. The average molecular weight is 260 g/mol. The molecule has 1 fully saturated rings. The molecule has 0 aromatic carbocycles. The second kappa shape index (κ2) is 4.97. The van der Waals surface area contributed by atoms with Gasteiger partial charge in [0.25, 0.3) is 0 Å². The minimum atomic E-state index is -0.985. The Hall–Kier alpha value is -1.95. The van der Waals surface area contributed by atoms with Crippen LogP contribution >= 0.6 is 0 Å². The summed E-state index contributed by atoms with van der Waals surface area (Å²) in [4.78, 5) is 17.9. The smallest absolute Gasteiger partial charge is 0.354 e. The average Bonchev–Trinajstić information content (AvgIpc) is 3.04. The van der Waals surface area contributed by atoms with Gasteiger partial charge in [0, 0.05) is 13.0 Å².